The molecule has 2 amide bonds. The van der Waals surface area contributed by atoms with Crippen LogP contribution in [0.2, 0.25) is 5.02 Å². The number of aromatic nitrogens is 1. The number of hydrogen-bond donors (Lipinski definition) is 2. The van der Waals surface area contributed by atoms with Crippen molar-refractivity contribution in [1.29, 1.82) is 0 Å². The molecule has 27 heavy (non-hydrogen) atoms. The maximum Gasteiger partial charge on any atom is 0.416 e. The van der Waals surface area contributed by atoms with Crippen molar-refractivity contribution >= 4 is 29.1 Å². The fourth-order valence-corrected chi connectivity index (χ4v) is 2.31. The number of nitrogens with zero attached hydrogens (tertiary/aromatic N) is 1. The summed E-state index contributed by atoms with van der Waals surface area (Å²) in [7, 11) is 0. The van der Waals surface area contributed by atoms with Gasteiger partial charge in [-0.15, -0.1) is 0 Å². The molecule has 0 bridgehead atoms. The monoisotopic (exact) mass is 399 g/mol. The Labute approximate surface area is 158 Å². The quantitative estimate of drug-likeness (QED) is 0.701. The minimum Gasteiger partial charge on any atom is -0.351 e. The summed E-state index contributed by atoms with van der Waals surface area (Å²) in [5, 5.41) is 4.91. The van der Waals surface area contributed by atoms with Crippen molar-refractivity contribution in [3.05, 3.63) is 58.4 Å². The second-order valence-electron chi connectivity index (χ2n) is 5.66. The average molecular weight is 400 g/mol. The lowest BCUT2D eigenvalue weighted by molar-refractivity contribution is -0.137. The summed E-state index contributed by atoms with van der Waals surface area (Å²) in [6, 6.07) is 6.85. The minimum atomic E-state index is -4.57. The molecule has 0 aliphatic heterocycles. The molecular weight excluding hydrogens is 383 g/mol. The number of halogens is 4. The van der Waals surface area contributed by atoms with Crippen LogP contribution < -0.4 is 10.6 Å². The molecule has 0 atom stereocenters. The lowest BCUT2D eigenvalue weighted by Crippen LogP contribution is -2.26. The SMILES string of the molecule is CCCCNC(=O)c1cccc(C(=O)Nc2cc(C(F)(F)F)ccc2Cl)n1. The van der Waals surface area contributed by atoms with Crippen LogP contribution in [0.25, 0.3) is 0 Å². The molecule has 0 aliphatic carbocycles. The van der Waals surface area contributed by atoms with Crippen LogP contribution in [-0.4, -0.2) is 23.3 Å². The average Bonchev–Trinajstić information content (AvgIpc) is 2.62. The summed E-state index contributed by atoms with van der Waals surface area (Å²) in [6.07, 6.45) is -2.85. The van der Waals surface area contributed by atoms with E-state index < -0.39 is 23.6 Å². The zero-order chi connectivity index (χ0) is 20.0. The first-order chi connectivity index (χ1) is 12.7. The number of pyridine rings is 1. The number of hydrogen-bond acceptors (Lipinski definition) is 3. The predicted octanol–water partition coefficient (Wildman–Crippen LogP) is 4.54. The van der Waals surface area contributed by atoms with Gasteiger partial charge in [0.15, 0.2) is 0 Å². The number of rotatable bonds is 6. The van der Waals surface area contributed by atoms with Gasteiger partial charge in [-0.2, -0.15) is 13.2 Å². The third kappa shape index (κ3) is 5.68. The van der Waals surface area contributed by atoms with Crippen molar-refractivity contribution in [2.75, 3.05) is 11.9 Å². The molecule has 0 aliphatic rings. The van der Waals surface area contributed by atoms with E-state index in [-0.39, 0.29) is 22.1 Å². The van der Waals surface area contributed by atoms with E-state index in [4.69, 9.17) is 11.6 Å². The van der Waals surface area contributed by atoms with E-state index in [1.165, 1.54) is 18.2 Å². The van der Waals surface area contributed by atoms with Crippen LogP contribution in [0.4, 0.5) is 18.9 Å². The van der Waals surface area contributed by atoms with E-state index in [9.17, 15) is 22.8 Å². The molecule has 2 rings (SSSR count). The highest BCUT2D eigenvalue weighted by atomic mass is 35.5. The van der Waals surface area contributed by atoms with Crippen LogP contribution >= 0.6 is 11.6 Å². The highest BCUT2D eigenvalue weighted by Crippen LogP contribution is 2.33. The number of benzene rings is 1. The molecule has 2 N–H and O–H groups in total. The molecule has 1 aromatic carbocycles. The van der Waals surface area contributed by atoms with Gasteiger partial charge in [0.2, 0.25) is 0 Å². The summed E-state index contributed by atoms with van der Waals surface area (Å²) in [6.45, 7) is 2.46. The zero-order valence-electron chi connectivity index (χ0n) is 14.4. The van der Waals surface area contributed by atoms with Gasteiger partial charge >= 0.3 is 6.18 Å². The summed E-state index contributed by atoms with van der Waals surface area (Å²) in [5.74, 6) is -1.21. The van der Waals surface area contributed by atoms with E-state index in [2.05, 4.69) is 15.6 Å². The third-order valence-electron chi connectivity index (χ3n) is 3.57. The fraction of sp³-hybridized carbons (Fsp3) is 0.278. The van der Waals surface area contributed by atoms with Gasteiger partial charge in [0.1, 0.15) is 11.4 Å². The van der Waals surface area contributed by atoms with Gasteiger partial charge in [-0.25, -0.2) is 4.98 Å². The van der Waals surface area contributed by atoms with Crippen LogP contribution in [-0.2, 0) is 6.18 Å². The Morgan fingerprint density at radius 1 is 1.11 bits per heavy atom. The van der Waals surface area contributed by atoms with Crippen molar-refractivity contribution in [3.63, 3.8) is 0 Å². The van der Waals surface area contributed by atoms with Crippen LogP contribution in [0.3, 0.4) is 0 Å². The van der Waals surface area contributed by atoms with Gasteiger partial charge in [0.05, 0.1) is 16.3 Å². The molecule has 1 aromatic heterocycles. The van der Waals surface area contributed by atoms with Gasteiger partial charge in [-0.3, -0.25) is 9.59 Å². The molecular formula is C18H17ClF3N3O2. The topological polar surface area (TPSA) is 71.1 Å². The van der Waals surface area contributed by atoms with E-state index >= 15 is 0 Å². The minimum absolute atomic E-state index is 0.0360. The first-order valence-corrected chi connectivity index (χ1v) is 8.53. The second-order valence-corrected chi connectivity index (χ2v) is 6.07. The highest BCUT2D eigenvalue weighted by Gasteiger charge is 2.31. The predicted molar refractivity (Wildman–Crippen MR) is 95.9 cm³/mol. The zero-order valence-corrected chi connectivity index (χ0v) is 15.1. The van der Waals surface area contributed by atoms with Gasteiger partial charge in [0, 0.05) is 6.54 Å². The van der Waals surface area contributed by atoms with Crippen molar-refractivity contribution in [3.8, 4) is 0 Å². The first kappa shape index (κ1) is 20.7. The van der Waals surface area contributed by atoms with Crippen LogP contribution in [0.1, 0.15) is 46.3 Å². The summed E-state index contributed by atoms with van der Waals surface area (Å²) < 4.78 is 38.4. The molecule has 5 nitrogen and oxygen atoms in total. The molecule has 0 saturated carbocycles. The van der Waals surface area contributed by atoms with Crippen molar-refractivity contribution in [2.24, 2.45) is 0 Å². The number of amides is 2. The Balaban J connectivity index is 2.17. The molecule has 0 fully saturated rings. The Hall–Kier alpha value is -2.61. The summed E-state index contributed by atoms with van der Waals surface area (Å²) in [5.41, 5.74) is -1.23. The second kappa shape index (κ2) is 8.85. The molecule has 0 saturated heterocycles. The lowest BCUT2D eigenvalue weighted by Gasteiger charge is -2.12. The van der Waals surface area contributed by atoms with Gasteiger partial charge in [-0.05, 0) is 36.8 Å². The van der Waals surface area contributed by atoms with Gasteiger partial charge < -0.3 is 10.6 Å². The molecule has 9 heteroatoms. The van der Waals surface area contributed by atoms with Crippen LogP contribution in [0, 0.1) is 0 Å². The summed E-state index contributed by atoms with van der Waals surface area (Å²) in [4.78, 5) is 28.3. The van der Waals surface area contributed by atoms with Gasteiger partial charge in [-0.1, -0.05) is 31.0 Å². The fourth-order valence-electron chi connectivity index (χ4n) is 2.14. The number of carbonyl (C=O) groups is 2. The molecule has 0 unspecified atom stereocenters. The van der Waals surface area contributed by atoms with Crippen molar-refractivity contribution in [2.45, 2.75) is 25.9 Å². The molecule has 144 valence electrons. The number of unbranched alkanes of at least 4 members (excludes halogenated alkanes) is 1. The highest BCUT2D eigenvalue weighted by molar-refractivity contribution is 6.33. The number of anilines is 1. The Morgan fingerprint density at radius 3 is 2.41 bits per heavy atom. The van der Waals surface area contributed by atoms with Crippen molar-refractivity contribution < 1.29 is 22.8 Å². The van der Waals surface area contributed by atoms with Crippen LogP contribution in [0.5, 0.6) is 0 Å². The standard InChI is InChI=1S/C18H17ClF3N3O2/c1-2-3-9-23-16(26)13-5-4-6-14(24-13)17(27)25-15-10-11(18(20,21)22)7-8-12(15)19/h4-8,10H,2-3,9H2,1H3,(H,23,26)(H,25,27). The molecule has 1 heterocycles. The Kier molecular flexibility index (Phi) is 6.79. The Bertz CT molecular complexity index is 841. The van der Waals surface area contributed by atoms with Crippen LogP contribution in [0.15, 0.2) is 36.4 Å². The normalized spacial score (nSPS) is 11.1. The lowest BCUT2D eigenvalue weighted by atomic mass is 10.2. The van der Waals surface area contributed by atoms with E-state index in [1.807, 2.05) is 6.92 Å². The Morgan fingerprint density at radius 2 is 1.78 bits per heavy atom. The smallest absolute Gasteiger partial charge is 0.351 e. The molecule has 2 aromatic rings. The van der Waals surface area contributed by atoms with Crippen molar-refractivity contribution in [1.82, 2.24) is 10.3 Å². The molecule has 0 spiro atoms. The first-order valence-electron chi connectivity index (χ1n) is 8.15. The van der Waals surface area contributed by atoms with E-state index in [0.717, 1.165) is 31.0 Å². The number of carbonyl (C=O) groups excluding carboxylic acids is 2. The number of alkyl halides is 3. The third-order valence-corrected chi connectivity index (χ3v) is 3.90. The molecule has 0 radical (unpaired) electrons. The largest absolute Gasteiger partial charge is 0.416 e. The maximum atomic E-state index is 12.8. The van der Waals surface area contributed by atoms with Gasteiger partial charge in [0.25, 0.3) is 11.8 Å². The van der Waals surface area contributed by atoms with E-state index in [0.29, 0.717) is 6.54 Å². The maximum absolute atomic E-state index is 12.8. The number of nitrogens with one attached hydrogen (secondary N) is 2. The summed E-state index contributed by atoms with van der Waals surface area (Å²) >= 11 is 5.86. The van der Waals surface area contributed by atoms with E-state index in [1.54, 1.807) is 0 Å².